The maximum Gasteiger partial charge on any atom is 0.0224 e. The van der Waals surface area contributed by atoms with E-state index in [0.29, 0.717) is 0 Å². The number of halogens is 1. The molecule has 1 heterocycles. The van der Waals surface area contributed by atoms with Crippen molar-refractivity contribution in [3.8, 4) is 0 Å². The minimum atomic E-state index is 0.827. The number of alkyl halides is 1. The molecule has 0 spiro atoms. The van der Waals surface area contributed by atoms with Crippen LogP contribution in [0.25, 0.3) is 0 Å². The predicted molar refractivity (Wildman–Crippen MR) is 64.0 cm³/mol. The summed E-state index contributed by atoms with van der Waals surface area (Å²) in [5, 5.41) is 0. The Kier molecular flexibility index (Phi) is 5.88. The minimum Gasteiger partial charge on any atom is -0.300 e. The van der Waals surface area contributed by atoms with Crippen LogP contribution < -0.4 is 0 Å². The fourth-order valence-corrected chi connectivity index (χ4v) is 2.46. The Morgan fingerprint density at radius 3 is 2.93 bits per heavy atom. The second-order valence-corrected chi connectivity index (χ2v) is 5.01. The lowest BCUT2D eigenvalue weighted by Crippen LogP contribution is -2.33. The molecule has 0 aromatic heterocycles. The van der Waals surface area contributed by atoms with E-state index >= 15 is 0 Å². The topological polar surface area (TPSA) is 3.24 Å². The number of rotatable bonds is 6. The van der Waals surface area contributed by atoms with E-state index in [1.54, 1.807) is 0 Å². The summed E-state index contributed by atoms with van der Waals surface area (Å²) in [7, 11) is 0. The van der Waals surface area contributed by atoms with Gasteiger partial charge in [0.15, 0.2) is 0 Å². The summed E-state index contributed by atoms with van der Waals surface area (Å²) in [5.74, 6) is 1.68. The van der Waals surface area contributed by atoms with Gasteiger partial charge in [-0.15, -0.1) is 11.6 Å². The third kappa shape index (κ3) is 3.78. The molecular formula is C12H24ClN. The number of hydrogen-bond acceptors (Lipinski definition) is 1. The Labute approximate surface area is 93.8 Å². The van der Waals surface area contributed by atoms with Crippen LogP contribution in [0.2, 0.25) is 0 Å². The first-order valence-electron chi connectivity index (χ1n) is 6.08. The van der Waals surface area contributed by atoms with Crippen LogP contribution >= 0.6 is 11.6 Å². The maximum absolute atomic E-state index is 5.74. The molecule has 1 aliphatic rings. The van der Waals surface area contributed by atoms with Crippen molar-refractivity contribution in [1.82, 2.24) is 4.90 Å². The molecule has 1 fully saturated rings. The van der Waals surface area contributed by atoms with Crippen LogP contribution in [-0.2, 0) is 0 Å². The monoisotopic (exact) mass is 217 g/mol. The van der Waals surface area contributed by atoms with Crippen LogP contribution in [0.1, 0.15) is 46.0 Å². The molecule has 84 valence electrons. The van der Waals surface area contributed by atoms with E-state index in [2.05, 4.69) is 18.7 Å². The Morgan fingerprint density at radius 1 is 1.50 bits per heavy atom. The van der Waals surface area contributed by atoms with E-state index in [1.807, 2.05) is 0 Å². The van der Waals surface area contributed by atoms with Crippen molar-refractivity contribution < 1.29 is 0 Å². The predicted octanol–water partition coefficient (Wildman–Crippen LogP) is 3.52. The highest BCUT2D eigenvalue weighted by molar-refractivity contribution is 6.17. The van der Waals surface area contributed by atoms with E-state index in [0.717, 1.165) is 17.8 Å². The van der Waals surface area contributed by atoms with Crippen molar-refractivity contribution in [3.05, 3.63) is 0 Å². The van der Waals surface area contributed by atoms with Gasteiger partial charge in [-0.3, -0.25) is 0 Å². The molecule has 14 heavy (non-hydrogen) atoms. The fraction of sp³-hybridized carbons (Fsp3) is 1.00. The largest absolute Gasteiger partial charge is 0.300 e. The zero-order chi connectivity index (χ0) is 10.4. The smallest absolute Gasteiger partial charge is 0.0224 e. The summed E-state index contributed by atoms with van der Waals surface area (Å²) < 4.78 is 0. The highest BCUT2D eigenvalue weighted by Gasteiger charge is 2.24. The summed E-state index contributed by atoms with van der Waals surface area (Å²) in [5.41, 5.74) is 0. The molecule has 0 amide bonds. The summed E-state index contributed by atoms with van der Waals surface area (Å²) in [6, 6.07) is 0.836. The summed E-state index contributed by atoms with van der Waals surface area (Å²) >= 11 is 5.74. The highest BCUT2D eigenvalue weighted by atomic mass is 35.5. The fourth-order valence-electron chi connectivity index (χ4n) is 2.30. The van der Waals surface area contributed by atoms with Crippen LogP contribution in [0.15, 0.2) is 0 Å². The van der Waals surface area contributed by atoms with Gasteiger partial charge in [0.25, 0.3) is 0 Å². The number of hydrogen-bond donors (Lipinski definition) is 0. The third-order valence-electron chi connectivity index (χ3n) is 3.41. The van der Waals surface area contributed by atoms with Gasteiger partial charge in [0.2, 0.25) is 0 Å². The Hall–Kier alpha value is 0.250. The Balaban J connectivity index is 2.27. The van der Waals surface area contributed by atoms with Gasteiger partial charge >= 0.3 is 0 Å². The van der Waals surface area contributed by atoms with Crippen LogP contribution in [0.4, 0.5) is 0 Å². The molecule has 1 saturated heterocycles. The molecule has 0 saturated carbocycles. The molecule has 0 bridgehead atoms. The van der Waals surface area contributed by atoms with Gasteiger partial charge in [-0.1, -0.05) is 20.3 Å². The van der Waals surface area contributed by atoms with Crippen molar-refractivity contribution in [2.45, 2.75) is 52.0 Å². The molecule has 0 N–H and O–H groups in total. The quantitative estimate of drug-likeness (QED) is 0.616. The Bertz CT molecular complexity index is 149. The first-order valence-corrected chi connectivity index (χ1v) is 6.61. The summed E-state index contributed by atoms with van der Waals surface area (Å²) in [4.78, 5) is 2.68. The average Bonchev–Trinajstić information content (AvgIpc) is 2.62. The third-order valence-corrected chi connectivity index (χ3v) is 3.68. The molecule has 2 heteroatoms. The van der Waals surface area contributed by atoms with E-state index in [1.165, 1.54) is 45.2 Å². The van der Waals surface area contributed by atoms with Gasteiger partial charge in [0.1, 0.15) is 0 Å². The van der Waals surface area contributed by atoms with E-state index in [-0.39, 0.29) is 0 Å². The van der Waals surface area contributed by atoms with E-state index < -0.39 is 0 Å². The molecule has 0 aromatic rings. The van der Waals surface area contributed by atoms with Crippen molar-refractivity contribution in [2.24, 2.45) is 5.92 Å². The molecule has 1 nitrogen and oxygen atoms in total. The number of nitrogens with zero attached hydrogens (tertiary/aromatic N) is 1. The lowest BCUT2D eigenvalue weighted by Gasteiger charge is -2.26. The van der Waals surface area contributed by atoms with Gasteiger partial charge in [0.05, 0.1) is 0 Å². The lowest BCUT2D eigenvalue weighted by atomic mass is 10.1. The standard InChI is InChI=1S/C12H24ClN/c1-3-11(2)10-14-9-5-7-12(14)6-4-8-13/h11-12H,3-10H2,1-2H3. The molecule has 1 rings (SSSR count). The molecule has 0 radical (unpaired) electrons. The minimum absolute atomic E-state index is 0.827. The Morgan fingerprint density at radius 2 is 2.29 bits per heavy atom. The van der Waals surface area contributed by atoms with Crippen LogP contribution in [-0.4, -0.2) is 29.9 Å². The van der Waals surface area contributed by atoms with Crippen LogP contribution in [0, 0.1) is 5.92 Å². The average molecular weight is 218 g/mol. The van der Waals surface area contributed by atoms with Gasteiger partial charge in [-0.25, -0.2) is 0 Å². The second-order valence-electron chi connectivity index (χ2n) is 4.64. The van der Waals surface area contributed by atoms with Crippen LogP contribution in [0.5, 0.6) is 0 Å². The normalized spacial score (nSPS) is 25.5. The molecule has 2 atom stereocenters. The molecular weight excluding hydrogens is 194 g/mol. The second kappa shape index (κ2) is 6.68. The summed E-state index contributed by atoms with van der Waals surface area (Å²) in [6.07, 6.45) is 6.58. The molecule has 2 unspecified atom stereocenters. The van der Waals surface area contributed by atoms with Crippen LogP contribution in [0.3, 0.4) is 0 Å². The number of likely N-dealkylation sites (tertiary alicyclic amines) is 1. The first-order chi connectivity index (χ1) is 6.77. The molecule has 0 aromatic carbocycles. The molecule has 0 aliphatic carbocycles. The van der Waals surface area contributed by atoms with Gasteiger partial charge in [-0.2, -0.15) is 0 Å². The van der Waals surface area contributed by atoms with Crippen molar-refractivity contribution in [2.75, 3.05) is 19.0 Å². The highest BCUT2D eigenvalue weighted by Crippen LogP contribution is 2.23. The van der Waals surface area contributed by atoms with Crippen molar-refractivity contribution >= 4 is 11.6 Å². The zero-order valence-corrected chi connectivity index (χ0v) is 10.4. The van der Waals surface area contributed by atoms with Gasteiger partial charge < -0.3 is 4.90 Å². The van der Waals surface area contributed by atoms with Crippen molar-refractivity contribution in [1.29, 1.82) is 0 Å². The van der Waals surface area contributed by atoms with E-state index in [4.69, 9.17) is 11.6 Å². The maximum atomic E-state index is 5.74. The SMILES string of the molecule is CCC(C)CN1CCCC1CCCCl. The van der Waals surface area contributed by atoms with E-state index in [9.17, 15) is 0 Å². The first kappa shape index (κ1) is 12.3. The van der Waals surface area contributed by atoms with Gasteiger partial charge in [0, 0.05) is 18.5 Å². The summed E-state index contributed by atoms with van der Waals surface area (Å²) in [6.45, 7) is 7.26. The van der Waals surface area contributed by atoms with Crippen molar-refractivity contribution in [3.63, 3.8) is 0 Å². The lowest BCUT2D eigenvalue weighted by molar-refractivity contribution is 0.209. The van der Waals surface area contributed by atoms with Gasteiger partial charge in [-0.05, 0) is 38.1 Å². The molecule has 1 aliphatic heterocycles. The zero-order valence-electron chi connectivity index (χ0n) is 9.64.